The van der Waals surface area contributed by atoms with Crippen LogP contribution in [0.25, 0.3) is 0 Å². The normalized spacial score (nSPS) is 10.5. The molecule has 1 aromatic heterocycles. The minimum atomic E-state index is -0.0827. The Hall–Kier alpha value is -0.360. The van der Waals surface area contributed by atoms with Gasteiger partial charge in [-0.2, -0.15) is 0 Å². The quantitative estimate of drug-likeness (QED) is 0.590. The monoisotopic (exact) mass is 393 g/mol. The number of anilines is 1. The average Bonchev–Trinajstić information content (AvgIpc) is 2.61. The highest BCUT2D eigenvalue weighted by Crippen LogP contribution is 2.33. The molecule has 2 rings (SSSR count). The predicted octanol–water partition coefficient (Wildman–Crippen LogP) is 4.74. The molecule has 0 amide bonds. The van der Waals surface area contributed by atoms with E-state index < -0.39 is 0 Å². The number of hydrogen-bond acceptors (Lipinski definition) is 3. The van der Waals surface area contributed by atoms with E-state index in [9.17, 15) is 4.79 Å². The van der Waals surface area contributed by atoms with E-state index in [1.165, 1.54) is 11.3 Å². The van der Waals surface area contributed by atoms with Crippen LogP contribution in [0.2, 0.25) is 5.02 Å². The second-order valence-electron chi connectivity index (χ2n) is 3.30. The number of thiophene rings is 1. The summed E-state index contributed by atoms with van der Waals surface area (Å²) in [6.07, 6.45) is 0. The largest absolute Gasteiger partial charge is 0.398 e. The maximum atomic E-state index is 12.2. The van der Waals surface area contributed by atoms with Crippen LogP contribution in [0.1, 0.15) is 15.9 Å². The molecule has 0 bridgehead atoms. The molecule has 2 N–H and O–H groups in total. The summed E-state index contributed by atoms with van der Waals surface area (Å²) in [5.41, 5.74) is 7.21. The fourth-order valence-corrected chi connectivity index (χ4v) is 4.29. The van der Waals surface area contributed by atoms with Crippen molar-refractivity contribution in [2.75, 3.05) is 5.73 Å². The van der Waals surface area contributed by atoms with Crippen LogP contribution in [0.4, 0.5) is 5.69 Å². The second-order valence-corrected chi connectivity index (χ2v) is 7.46. The third kappa shape index (κ3) is 2.73. The molecule has 0 aliphatic rings. The highest BCUT2D eigenvalue weighted by atomic mass is 79.9. The summed E-state index contributed by atoms with van der Waals surface area (Å²) in [7, 11) is 0. The van der Waals surface area contributed by atoms with Gasteiger partial charge in [-0.1, -0.05) is 11.6 Å². The van der Waals surface area contributed by atoms with Crippen LogP contribution >= 0.6 is 54.8 Å². The summed E-state index contributed by atoms with van der Waals surface area (Å²) in [5, 5.41) is 0.390. The first-order valence-electron chi connectivity index (χ1n) is 4.53. The standard InChI is InChI=1S/C11H6Br2ClNOS/c12-9-4-6(11(13)17-9)10(16)5-1-2-8(15)7(14)3-5/h1-4H,15H2. The third-order valence-corrected chi connectivity index (χ3v) is 4.83. The van der Waals surface area contributed by atoms with Crippen LogP contribution in [-0.2, 0) is 0 Å². The first-order valence-corrected chi connectivity index (χ1v) is 7.31. The van der Waals surface area contributed by atoms with Gasteiger partial charge in [-0.05, 0) is 56.1 Å². The SMILES string of the molecule is Nc1ccc(C(=O)c2cc(Br)sc2Br)cc1Cl. The molecule has 0 saturated carbocycles. The highest BCUT2D eigenvalue weighted by molar-refractivity contribution is 9.12. The van der Waals surface area contributed by atoms with Gasteiger partial charge in [0.15, 0.2) is 5.78 Å². The van der Waals surface area contributed by atoms with Gasteiger partial charge >= 0.3 is 0 Å². The molecule has 0 radical (unpaired) electrons. The molecular formula is C11H6Br2ClNOS. The topological polar surface area (TPSA) is 43.1 Å². The zero-order valence-corrected chi connectivity index (χ0v) is 13.1. The number of hydrogen-bond donors (Lipinski definition) is 1. The lowest BCUT2D eigenvalue weighted by molar-refractivity contribution is 0.103. The van der Waals surface area contributed by atoms with Crippen molar-refractivity contribution in [3.63, 3.8) is 0 Å². The molecule has 1 aromatic carbocycles. The first-order chi connectivity index (χ1) is 7.99. The Bertz CT molecular complexity index is 597. The fourth-order valence-electron chi connectivity index (χ4n) is 1.32. The molecule has 2 aromatic rings. The maximum absolute atomic E-state index is 12.2. The van der Waals surface area contributed by atoms with E-state index >= 15 is 0 Å². The summed E-state index contributed by atoms with van der Waals surface area (Å²) < 4.78 is 1.69. The molecule has 0 spiro atoms. The molecular weight excluding hydrogens is 389 g/mol. The number of halogens is 3. The van der Waals surface area contributed by atoms with Gasteiger partial charge in [0.25, 0.3) is 0 Å². The van der Waals surface area contributed by atoms with Gasteiger partial charge in [0.2, 0.25) is 0 Å². The van der Waals surface area contributed by atoms with E-state index in [1.54, 1.807) is 24.3 Å². The molecule has 1 heterocycles. The second kappa shape index (κ2) is 5.10. The van der Waals surface area contributed by atoms with Crippen LogP contribution < -0.4 is 5.73 Å². The number of carbonyl (C=O) groups is 1. The molecule has 6 heteroatoms. The Balaban J connectivity index is 2.44. The van der Waals surface area contributed by atoms with Gasteiger partial charge in [-0.3, -0.25) is 4.79 Å². The van der Waals surface area contributed by atoms with E-state index in [1.807, 2.05) is 0 Å². The van der Waals surface area contributed by atoms with Crippen molar-refractivity contribution in [1.29, 1.82) is 0 Å². The molecule has 2 nitrogen and oxygen atoms in total. The van der Waals surface area contributed by atoms with Crippen molar-refractivity contribution in [1.82, 2.24) is 0 Å². The number of carbonyl (C=O) groups excluding carboxylic acids is 1. The van der Waals surface area contributed by atoms with Crippen LogP contribution in [0.15, 0.2) is 31.8 Å². The summed E-state index contributed by atoms with van der Waals surface area (Å²) in [6, 6.07) is 6.66. The van der Waals surface area contributed by atoms with E-state index in [0.717, 1.165) is 7.57 Å². The van der Waals surface area contributed by atoms with Crippen molar-refractivity contribution < 1.29 is 4.79 Å². The Morgan fingerprint density at radius 2 is 2.00 bits per heavy atom. The molecule has 0 atom stereocenters. The highest BCUT2D eigenvalue weighted by Gasteiger charge is 2.16. The van der Waals surface area contributed by atoms with Crippen LogP contribution in [0, 0.1) is 0 Å². The zero-order chi connectivity index (χ0) is 12.6. The van der Waals surface area contributed by atoms with Gasteiger partial charge < -0.3 is 5.73 Å². The van der Waals surface area contributed by atoms with E-state index in [2.05, 4.69) is 31.9 Å². The number of benzene rings is 1. The predicted molar refractivity (Wildman–Crippen MR) is 79.0 cm³/mol. The van der Waals surface area contributed by atoms with Crippen molar-refractivity contribution >= 4 is 66.3 Å². The minimum Gasteiger partial charge on any atom is -0.398 e. The molecule has 0 aliphatic carbocycles. The lowest BCUT2D eigenvalue weighted by Gasteiger charge is -2.02. The Kier molecular flexibility index (Phi) is 3.92. The lowest BCUT2D eigenvalue weighted by Crippen LogP contribution is -2.01. The Labute approximate surface area is 124 Å². The number of nitrogens with two attached hydrogens (primary N) is 1. The van der Waals surface area contributed by atoms with Gasteiger partial charge in [0.1, 0.15) is 0 Å². The van der Waals surface area contributed by atoms with Crippen molar-refractivity contribution in [2.45, 2.75) is 0 Å². The number of rotatable bonds is 2. The molecule has 0 fully saturated rings. The molecule has 88 valence electrons. The summed E-state index contributed by atoms with van der Waals surface area (Å²) in [5.74, 6) is -0.0827. The molecule has 0 saturated heterocycles. The van der Waals surface area contributed by atoms with Gasteiger partial charge in [-0.15, -0.1) is 11.3 Å². The van der Waals surface area contributed by atoms with Gasteiger partial charge in [-0.25, -0.2) is 0 Å². The fraction of sp³-hybridized carbons (Fsp3) is 0. The van der Waals surface area contributed by atoms with E-state index in [4.69, 9.17) is 17.3 Å². The summed E-state index contributed by atoms with van der Waals surface area (Å²) in [4.78, 5) is 12.2. The maximum Gasteiger partial charge on any atom is 0.195 e. The van der Waals surface area contributed by atoms with Crippen LogP contribution in [-0.4, -0.2) is 5.78 Å². The first kappa shape index (κ1) is 13.1. The zero-order valence-electron chi connectivity index (χ0n) is 8.34. The van der Waals surface area contributed by atoms with Crippen LogP contribution in [0.5, 0.6) is 0 Å². The third-order valence-electron chi connectivity index (χ3n) is 2.16. The Morgan fingerprint density at radius 1 is 1.29 bits per heavy atom. The average molecular weight is 396 g/mol. The summed E-state index contributed by atoms with van der Waals surface area (Å²) in [6.45, 7) is 0. The minimum absolute atomic E-state index is 0.0827. The van der Waals surface area contributed by atoms with Crippen molar-refractivity contribution in [3.8, 4) is 0 Å². The van der Waals surface area contributed by atoms with Crippen molar-refractivity contribution in [3.05, 3.63) is 48.0 Å². The van der Waals surface area contributed by atoms with E-state index in [0.29, 0.717) is 21.8 Å². The number of nitrogen functional groups attached to an aromatic ring is 1. The van der Waals surface area contributed by atoms with Gasteiger partial charge in [0, 0.05) is 11.1 Å². The number of ketones is 1. The molecule has 17 heavy (non-hydrogen) atoms. The lowest BCUT2D eigenvalue weighted by atomic mass is 10.1. The van der Waals surface area contributed by atoms with Crippen molar-refractivity contribution in [2.24, 2.45) is 0 Å². The summed E-state index contributed by atoms with van der Waals surface area (Å²) >= 11 is 14.0. The molecule has 0 unspecified atom stereocenters. The molecule has 0 aliphatic heterocycles. The smallest absolute Gasteiger partial charge is 0.195 e. The Morgan fingerprint density at radius 3 is 2.53 bits per heavy atom. The van der Waals surface area contributed by atoms with Gasteiger partial charge in [0.05, 0.1) is 18.3 Å². The van der Waals surface area contributed by atoms with Crippen LogP contribution in [0.3, 0.4) is 0 Å². The van der Waals surface area contributed by atoms with E-state index in [-0.39, 0.29) is 5.78 Å².